The molecular weight excluding hydrogens is 218 g/mol. The summed E-state index contributed by atoms with van der Waals surface area (Å²) < 4.78 is 0. The molecule has 3 rings (SSSR count). The molecule has 0 fully saturated rings. The van der Waals surface area contributed by atoms with E-state index in [0.29, 0.717) is 5.92 Å². The summed E-state index contributed by atoms with van der Waals surface area (Å²) in [6, 6.07) is 15.6. The van der Waals surface area contributed by atoms with Crippen LogP contribution >= 0.6 is 0 Å². The number of hydrogen-bond acceptors (Lipinski definition) is 1. The largest absolute Gasteiger partial charge is 0.385 e. The predicted molar refractivity (Wildman–Crippen MR) is 77.3 cm³/mol. The number of aryl methyl sites for hydroxylation is 2. The van der Waals surface area contributed by atoms with Gasteiger partial charge in [0.05, 0.1) is 0 Å². The molecule has 2 aromatic rings. The van der Waals surface area contributed by atoms with E-state index >= 15 is 0 Å². The van der Waals surface area contributed by atoms with Gasteiger partial charge in [0.25, 0.3) is 0 Å². The van der Waals surface area contributed by atoms with Crippen LogP contribution < -0.4 is 5.32 Å². The van der Waals surface area contributed by atoms with Crippen molar-refractivity contribution in [2.24, 2.45) is 0 Å². The molecule has 0 aromatic heterocycles. The summed E-state index contributed by atoms with van der Waals surface area (Å²) in [4.78, 5) is 0. The summed E-state index contributed by atoms with van der Waals surface area (Å²) in [5.74, 6) is 0.543. The lowest BCUT2D eigenvalue weighted by molar-refractivity contribution is 0.719. The first-order valence-corrected chi connectivity index (χ1v) is 6.65. The van der Waals surface area contributed by atoms with E-state index in [9.17, 15) is 0 Å². The van der Waals surface area contributed by atoms with Crippen LogP contribution in [0.1, 0.15) is 34.6 Å². The molecule has 1 nitrogen and oxygen atoms in total. The van der Waals surface area contributed by atoms with E-state index in [2.05, 4.69) is 61.6 Å². The molecule has 0 spiro atoms. The van der Waals surface area contributed by atoms with Crippen molar-refractivity contribution in [2.45, 2.75) is 26.2 Å². The second kappa shape index (κ2) is 4.49. The van der Waals surface area contributed by atoms with Gasteiger partial charge >= 0.3 is 0 Å². The molecule has 0 aliphatic carbocycles. The maximum atomic E-state index is 3.49. The Hall–Kier alpha value is -1.76. The van der Waals surface area contributed by atoms with E-state index in [1.54, 1.807) is 0 Å². The summed E-state index contributed by atoms with van der Waals surface area (Å²) in [7, 11) is 0. The highest BCUT2D eigenvalue weighted by molar-refractivity contribution is 5.57. The molecule has 1 aliphatic rings. The molecule has 2 aromatic carbocycles. The molecule has 0 radical (unpaired) electrons. The molecule has 0 amide bonds. The van der Waals surface area contributed by atoms with Crippen molar-refractivity contribution in [3.05, 3.63) is 64.7 Å². The number of anilines is 1. The van der Waals surface area contributed by atoms with Crippen LogP contribution in [0.3, 0.4) is 0 Å². The summed E-state index contributed by atoms with van der Waals surface area (Å²) in [5, 5.41) is 3.49. The number of rotatable bonds is 1. The normalized spacial score (nSPS) is 18.0. The van der Waals surface area contributed by atoms with Gasteiger partial charge in [-0.25, -0.2) is 0 Å². The van der Waals surface area contributed by atoms with Gasteiger partial charge in [-0.05, 0) is 48.6 Å². The number of fused-ring (bicyclic) bond motifs is 1. The van der Waals surface area contributed by atoms with E-state index in [1.165, 1.54) is 34.4 Å². The summed E-state index contributed by atoms with van der Waals surface area (Å²) in [6.07, 6.45) is 1.18. The number of nitrogens with one attached hydrogen (secondary N) is 1. The SMILES string of the molecule is Cc1ccc(C2CCNc3ccccc32)cc1C. The van der Waals surface area contributed by atoms with Gasteiger partial charge in [0.2, 0.25) is 0 Å². The Morgan fingerprint density at radius 2 is 1.83 bits per heavy atom. The quantitative estimate of drug-likeness (QED) is 0.781. The Bertz CT molecular complexity index is 572. The third-order valence-corrected chi connectivity index (χ3v) is 4.02. The summed E-state index contributed by atoms with van der Waals surface area (Å²) in [6.45, 7) is 5.44. The maximum absolute atomic E-state index is 3.49. The summed E-state index contributed by atoms with van der Waals surface area (Å²) >= 11 is 0. The third kappa shape index (κ3) is 1.90. The van der Waals surface area contributed by atoms with Gasteiger partial charge in [-0.2, -0.15) is 0 Å². The number of para-hydroxylation sites is 1. The van der Waals surface area contributed by atoms with E-state index in [1.807, 2.05) is 0 Å². The first-order valence-electron chi connectivity index (χ1n) is 6.65. The smallest absolute Gasteiger partial charge is 0.0379 e. The highest BCUT2D eigenvalue weighted by Gasteiger charge is 2.21. The first kappa shape index (κ1) is 11.3. The van der Waals surface area contributed by atoms with E-state index in [-0.39, 0.29) is 0 Å². The Balaban J connectivity index is 2.05. The van der Waals surface area contributed by atoms with Crippen LogP contribution in [0.15, 0.2) is 42.5 Å². The molecule has 1 heteroatoms. The van der Waals surface area contributed by atoms with Gasteiger partial charge < -0.3 is 5.32 Å². The average Bonchev–Trinajstić information content (AvgIpc) is 2.41. The fraction of sp³-hybridized carbons (Fsp3) is 0.294. The Labute approximate surface area is 109 Å². The van der Waals surface area contributed by atoms with Crippen LogP contribution in [0.5, 0.6) is 0 Å². The number of hydrogen-bond donors (Lipinski definition) is 1. The zero-order valence-corrected chi connectivity index (χ0v) is 11.0. The molecule has 0 saturated heterocycles. The Kier molecular flexibility index (Phi) is 2.83. The Morgan fingerprint density at radius 1 is 1.00 bits per heavy atom. The van der Waals surface area contributed by atoms with Crippen molar-refractivity contribution in [2.75, 3.05) is 11.9 Å². The third-order valence-electron chi connectivity index (χ3n) is 4.02. The van der Waals surface area contributed by atoms with E-state index in [4.69, 9.17) is 0 Å². The molecule has 18 heavy (non-hydrogen) atoms. The number of benzene rings is 2. The van der Waals surface area contributed by atoms with Crippen LogP contribution in [0.2, 0.25) is 0 Å². The molecule has 1 unspecified atom stereocenters. The highest BCUT2D eigenvalue weighted by Crippen LogP contribution is 2.36. The fourth-order valence-corrected chi connectivity index (χ4v) is 2.80. The zero-order valence-electron chi connectivity index (χ0n) is 11.0. The minimum atomic E-state index is 0.543. The van der Waals surface area contributed by atoms with Crippen LogP contribution in [0.25, 0.3) is 0 Å². The van der Waals surface area contributed by atoms with Gasteiger partial charge in [0.1, 0.15) is 0 Å². The van der Waals surface area contributed by atoms with Crippen LogP contribution in [0.4, 0.5) is 5.69 Å². The molecule has 92 valence electrons. The Morgan fingerprint density at radius 3 is 2.67 bits per heavy atom. The molecule has 1 atom stereocenters. The van der Waals surface area contributed by atoms with Gasteiger partial charge in [0, 0.05) is 18.2 Å². The minimum absolute atomic E-state index is 0.543. The molecule has 0 saturated carbocycles. The maximum Gasteiger partial charge on any atom is 0.0379 e. The first-order chi connectivity index (χ1) is 8.75. The van der Waals surface area contributed by atoms with Gasteiger partial charge in [0.15, 0.2) is 0 Å². The molecule has 0 bridgehead atoms. The van der Waals surface area contributed by atoms with Crippen LogP contribution in [-0.4, -0.2) is 6.54 Å². The van der Waals surface area contributed by atoms with Crippen molar-refractivity contribution in [3.63, 3.8) is 0 Å². The predicted octanol–water partition coefficient (Wildman–Crippen LogP) is 4.25. The fourth-order valence-electron chi connectivity index (χ4n) is 2.80. The lowest BCUT2D eigenvalue weighted by atomic mass is 9.84. The van der Waals surface area contributed by atoms with Gasteiger partial charge in [-0.15, -0.1) is 0 Å². The molecule has 1 heterocycles. The van der Waals surface area contributed by atoms with Crippen molar-refractivity contribution in [1.82, 2.24) is 0 Å². The average molecular weight is 237 g/mol. The van der Waals surface area contributed by atoms with E-state index < -0.39 is 0 Å². The lowest BCUT2D eigenvalue weighted by Gasteiger charge is -2.27. The molecule has 1 aliphatic heterocycles. The monoisotopic (exact) mass is 237 g/mol. The van der Waals surface area contributed by atoms with Gasteiger partial charge in [-0.3, -0.25) is 0 Å². The second-order valence-corrected chi connectivity index (χ2v) is 5.20. The minimum Gasteiger partial charge on any atom is -0.385 e. The van der Waals surface area contributed by atoms with Crippen LogP contribution in [0, 0.1) is 13.8 Å². The van der Waals surface area contributed by atoms with Gasteiger partial charge in [-0.1, -0.05) is 36.4 Å². The zero-order chi connectivity index (χ0) is 12.5. The van der Waals surface area contributed by atoms with Crippen molar-refractivity contribution < 1.29 is 0 Å². The van der Waals surface area contributed by atoms with Crippen molar-refractivity contribution in [3.8, 4) is 0 Å². The highest BCUT2D eigenvalue weighted by atomic mass is 14.9. The van der Waals surface area contributed by atoms with Crippen LogP contribution in [-0.2, 0) is 0 Å². The van der Waals surface area contributed by atoms with Crippen molar-refractivity contribution >= 4 is 5.69 Å². The van der Waals surface area contributed by atoms with E-state index in [0.717, 1.165) is 6.54 Å². The standard InChI is InChI=1S/C17H19N/c1-12-7-8-14(11-13(12)2)15-9-10-18-17-6-4-3-5-16(15)17/h3-8,11,15,18H,9-10H2,1-2H3. The second-order valence-electron chi connectivity index (χ2n) is 5.20. The molecule has 1 N–H and O–H groups in total. The topological polar surface area (TPSA) is 12.0 Å². The molecular formula is C17H19N. The lowest BCUT2D eigenvalue weighted by Crippen LogP contribution is -2.17. The van der Waals surface area contributed by atoms with Crippen molar-refractivity contribution in [1.29, 1.82) is 0 Å². The summed E-state index contributed by atoms with van der Waals surface area (Å²) in [5.41, 5.74) is 6.95.